The van der Waals surface area contributed by atoms with Crippen LogP contribution in [0.3, 0.4) is 0 Å². The number of rotatable bonds is 3. The maximum atomic E-state index is 11.6. The molecule has 1 amide bonds. The minimum absolute atomic E-state index is 0.0660. The molecular weight excluding hydrogens is 266 g/mol. The summed E-state index contributed by atoms with van der Waals surface area (Å²) < 4.78 is 0. The number of hydrogen-bond acceptors (Lipinski definition) is 2. The lowest BCUT2D eigenvalue weighted by molar-refractivity contribution is -0.115. The molecule has 0 atom stereocenters. The van der Waals surface area contributed by atoms with Gasteiger partial charge in [0.05, 0.1) is 5.70 Å². The number of carbonyl (C=O) groups is 1. The average molecular weight is 279 g/mol. The highest BCUT2D eigenvalue weighted by molar-refractivity contribution is 8.02. The van der Waals surface area contributed by atoms with Gasteiger partial charge in [-0.05, 0) is 17.7 Å². The fourth-order valence-corrected chi connectivity index (χ4v) is 2.77. The van der Waals surface area contributed by atoms with E-state index in [4.69, 9.17) is 0 Å². The number of thioether (sulfide) groups is 1. The normalized spacial score (nSPS) is 16.1. The monoisotopic (exact) mass is 279 g/mol. The average Bonchev–Trinajstić information content (AvgIpc) is 2.88. The standard InChI is InChI=1S/C17H13NOS/c19-17-11-15(13-7-3-1-4-8-13)16(18-17)12-20-14-9-5-2-6-10-14/h1-12H,(H,18,19)/b16-12-. The van der Waals surface area contributed by atoms with E-state index >= 15 is 0 Å². The number of amides is 1. The Balaban J connectivity index is 1.86. The molecule has 0 unspecified atom stereocenters. The van der Waals surface area contributed by atoms with Crippen molar-refractivity contribution >= 4 is 23.2 Å². The van der Waals surface area contributed by atoms with Crippen molar-refractivity contribution in [3.05, 3.63) is 83.4 Å². The Bertz CT molecular complexity index is 675. The van der Waals surface area contributed by atoms with E-state index in [-0.39, 0.29) is 5.91 Å². The molecule has 0 spiro atoms. The van der Waals surface area contributed by atoms with Crippen LogP contribution in [0, 0.1) is 0 Å². The van der Waals surface area contributed by atoms with E-state index in [0.29, 0.717) is 0 Å². The third-order valence-electron chi connectivity index (χ3n) is 2.96. The van der Waals surface area contributed by atoms with Crippen LogP contribution in [-0.2, 0) is 4.79 Å². The molecule has 1 aliphatic rings. The van der Waals surface area contributed by atoms with Crippen LogP contribution in [-0.4, -0.2) is 5.91 Å². The Morgan fingerprint density at radius 2 is 1.55 bits per heavy atom. The number of nitrogens with one attached hydrogen (secondary N) is 1. The Hall–Kier alpha value is -2.26. The Morgan fingerprint density at radius 3 is 2.25 bits per heavy atom. The van der Waals surface area contributed by atoms with Gasteiger partial charge in [-0.1, -0.05) is 60.3 Å². The number of hydrogen-bond donors (Lipinski definition) is 1. The summed E-state index contributed by atoms with van der Waals surface area (Å²) >= 11 is 1.60. The minimum atomic E-state index is -0.0660. The van der Waals surface area contributed by atoms with Crippen molar-refractivity contribution in [2.24, 2.45) is 0 Å². The van der Waals surface area contributed by atoms with Gasteiger partial charge in [0.25, 0.3) is 0 Å². The predicted octanol–water partition coefficient (Wildman–Crippen LogP) is 3.83. The summed E-state index contributed by atoms with van der Waals surface area (Å²) in [4.78, 5) is 12.8. The van der Waals surface area contributed by atoms with E-state index in [1.807, 2.05) is 66.1 Å². The second-order valence-corrected chi connectivity index (χ2v) is 5.32. The topological polar surface area (TPSA) is 29.1 Å². The van der Waals surface area contributed by atoms with Gasteiger partial charge in [-0.15, -0.1) is 0 Å². The summed E-state index contributed by atoms with van der Waals surface area (Å²) in [6.07, 6.45) is 1.65. The Labute approximate surface area is 122 Å². The molecule has 20 heavy (non-hydrogen) atoms. The fraction of sp³-hybridized carbons (Fsp3) is 0. The van der Waals surface area contributed by atoms with Gasteiger partial charge in [-0.2, -0.15) is 0 Å². The first-order valence-electron chi connectivity index (χ1n) is 6.33. The van der Waals surface area contributed by atoms with Crippen LogP contribution in [0.2, 0.25) is 0 Å². The number of benzene rings is 2. The molecule has 0 fully saturated rings. The molecule has 3 rings (SSSR count). The van der Waals surface area contributed by atoms with Crippen LogP contribution < -0.4 is 5.32 Å². The van der Waals surface area contributed by atoms with Gasteiger partial charge in [-0.3, -0.25) is 4.79 Å². The summed E-state index contributed by atoms with van der Waals surface area (Å²) in [6.45, 7) is 0. The molecule has 2 aromatic carbocycles. The molecule has 98 valence electrons. The van der Waals surface area contributed by atoms with E-state index in [1.165, 1.54) is 0 Å². The maximum Gasteiger partial charge on any atom is 0.249 e. The first-order chi connectivity index (χ1) is 9.83. The summed E-state index contributed by atoms with van der Waals surface area (Å²) in [6, 6.07) is 20.0. The van der Waals surface area contributed by atoms with Crippen LogP contribution in [0.5, 0.6) is 0 Å². The first kappa shape index (κ1) is 12.8. The molecule has 2 nitrogen and oxygen atoms in total. The summed E-state index contributed by atoms with van der Waals surface area (Å²) in [7, 11) is 0. The molecule has 1 heterocycles. The zero-order valence-electron chi connectivity index (χ0n) is 10.7. The number of allylic oxidation sites excluding steroid dienone is 1. The van der Waals surface area contributed by atoms with Crippen molar-refractivity contribution in [1.82, 2.24) is 5.32 Å². The summed E-state index contributed by atoms with van der Waals surface area (Å²) in [5, 5.41) is 4.87. The molecule has 0 saturated carbocycles. The van der Waals surface area contributed by atoms with E-state index in [1.54, 1.807) is 17.8 Å². The third kappa shape index (κ3) is 2.83. The molecule has 2 aromatic rings. The lowest BCUT2D eigenvalue weighted by atomic mass is 10.1. The fourth-order valence-electron chi connectivity index (χ4n) is 2.02. The van der Waals surface area contributed by atoms with Gasteiger partial charge in [0.1, 0.15) is 0 Å². The quantitative estimate of drug-likeness (QED) is 0.865. The molecule has 0 radical (unpaired) electrons. The van der Waals surface area contributed by atoms with Crippen LogP contribution >= 0.6 is 11.8 Å². The van der Waals surface area contributed by atoms with E-state index in [9.17, 15) is 4.79 Å². The largest absolute Gasteiger partial charge is 0.321 e. The molecule has 1 aliphatic heterocycles. The molecule has 3 heteroatoms. The SMILES string of the molecule is O=C1C=C(c2ccccc2)/C(=C/Sc2ccccc2)N1. The highest BCUT2D eigenvalue weighted by Gasteiger charge is 2.18. The van der Waals surface area contributed by atoms with Crippen molar-refractivity contribution in [1.29, 1.82) is 0 Å². The molecule has 0 bridgehead atoms. The van der Waals surface area contributed by atoms with Crippen molar-refractivity contribution < 1.29 is 4.79 Å². The van der Waals surface area contributed by atoms with Gasteiger partial charge >= 0.3 is 0 Å². The van der Waals surface area contributed by atoms with Gasteiger partial charge in [0.2, 0.25) is 5.91 Å². The Morgan fingerprint density at radius 1 is 0.900 bits per heavy atom. The van der Waals surface area contributed by atoms with E-state index in [2.05, 4.69) is 5.32 Å². The zero-order chi connectivity index (χ0) is 13.8. The number of carbonyl (C=O) groups excluding carboxylic acids is 1. The zero-order valence-corrected chi connectivity index (χ0v) is 11.6. The van der Waals surface area contributed by atoms with Crippen molar-refractivity contribution in [3.63, 3.8) is 0 Å². The maximum absolute atomic E-state index is 11.6. The lowest BCUT2D eigenvalue weighted by Crippen LogP contribution is -2.13. The van der Waals surface area contributed by atoms with Gasteiger partial charge < -0.3 is 5.32 Å². The second kappa shape index (κ2) is 5.80. The van der Waals surface area contributed by atoms with Crippen LogP contribution in [0.15, 0.2) is 82.7 Å². The molecular formula is C17H13NOS. The second-order valence-electron chi connectivity index (χ2n) is 4.38. The van der Waals surface area contributed by atoms with Gasteiger partial charge in [0.15, 0.2) is 0 Å². The third-order valence-corrected chi connectivity index (χ3v) is 3.86. The van der Waals surface area contributed by atoms with Crippen molar-refractivity contribution in [3.8, 4) is 0 Å². The molecule has 1 N–H and O–H groups in total. The van der Waals surface area contributed by atoms with E-state index < -0.39 is 0 Å². The first-order valence-corrected chi connectivity index (χ1v) is 7.21. The van der Waals surface area contributed by atoms with Crippen LogP contribution in [0.4, 0.5) is 0 Å². The van der Waals surface area contributed by atoms with Crippen molar-refractivity contribution in [2.45, 2.75) is 4.90 Å². The highest BCUT2D eigenvalue weighted by Crippen LogP contribution is 2.29. The highest BCUT2D eigenvalue weighted by atomic mass is 32.2. The van der Waals surface area contributed by atoms with Gasteiger partial charge in [-0.25, -0.2) is 0 Å². The summed E-state index contributed by atoms with van der Waals surface area (Å²) in [5.41, 5.74) is 2.85. The van der Waals surface area contributed by atoms with Crippen LogP contribution in [0.25, 0.3) is 5.57 Å². The smallest absolute Gasteiger partial charge is 0.249 e. The summed E-state index contributed by atoms with van der Waals surface area (Å²) in [5.74, 6) is -0.0660. The predicted molar refractivity (Wildman–Crippen MR) is 82.9 cm³/mol. The Kier molecular flexibility index (Phi) is 3.70. The minimum Gasteiger partial charge on any atom is -0.321 e. The van der Waals surface area contributed by atoms with E-state index in [0.717, 1.165) is 21.7 Å². The molecule has 0 aromatic heterocycles. The lowest BCUT2D eigenvalue weighted by Gasteiger charge is -2.05. The van der Waals surface area contributed by atoms with Gasteiger partial charge in [0, 0.05) is 22.0 Å². The molecule has 0 saturated heterocycles. The van der Waals surface area contributed by atoms with Crippen molar-refractivity contribution in [2.75, 3.05) is 0 Å². The molecule has 0 aliphatic carbocycles. The van der Waals surface area contributed by atoms with Crippen LogP contribution in [0.1, 0.15) is 5.56 Å².